The van der Waals surface area contributed by atoms with E-state index in [2.05, 4.69) is 0 Å². The van der Waals surface area contributed by atoms with E-state index in [0.717, 1.165) is 5.56 Å². The summed E-state index contributed by atoms with van der Waals surface area (Å²) in [5.41, 5.74) is 6.72. The minimum atomic E-state index is -0.282. The van der Waals surface area contributed by atoms with E-state index in [4.69, 9.17) is 20.5 Å². The molecule has 1 atom stereocenters. The molecule has 4 nitrogen and oxygen atoms in total. The molecule has 0 bridgehead atoms. The van der Waals surface area contributed by atoms with E-state index in [1.165, 1.54) is 0 Å². The van der Waals surface area contributed by atoms with Crippen LogP contribution in [-0.4, -0.2) is 13.7 Å². The van der Waals surface area contributed by atoms with Crippen LogP contribution >= 0.6 is 0 Å². The van der Waals surface area contributed by atoms with Crippen molar-refractivity contribution in [2.24, 2.45) is 5.73 Å². The number of nitriles is 1. The van der Waals surface area contributed by atoms with Crippen LogP contribution in [0.15, 0.2) is 18.2 Å². The van der Waals surface area contributed by atoms with Crippen molar-refractivity contribution in [3.05, 3.63) is 23.8 Å². The number of nitrogens with two attached hydrogens (primary N) is 1. The fraction of sp³-hybridized carbons (Fsp3) is 0.417. The van der Waals surface area contributed by atoms with Crippen LogP contribution < -0.4 is 15.2 Å². The molecule has 0 aliphatic rings. The van der Waals surface area contributed by atoms with Crippen molar-refractivity contribution in [1.29, 1.82) is 5.26 Å². The second-order valence-corrected chi connectivity index (χ2v) is 3.31. The van der Waals surface area contributed by atoms with Gasteiger partial charge in [0, 0.05) is 6.04 Å². The summed E-state index contributed by atoms with van der Waals surface area (Å²) < 4.78 is 10.6. The Morgan fingerprint density at radius 1 is 1.44 bits per heavy atom. The Labute approximate surface area is 95.6 Å². The zero-order chi connectivity index (χ0) is 12.0. The van der Waals surface area contributed by atoms with Crippen LogP contribution in [0.5, 0.6) is 11.5 Å². The minimum absolute atomic E-state index is 0.282. The van der Waals surface area contributed by atoms with Gasteiger partial charge < -0.3 is 15.2 Å². The minimum Gasteiger partial charge on any atom is -0.493 e. The molecule has 1 rings (SSSR count). The maximum Gasteiger partial charge on any atom is 0.161 e. The zero-order valence-corrected chi connectivity index (χ0v) is 9.56. The van der Waals surface area contributed by atoms with E-state index in [1.807, 2.05) is 25.1 Å². The van der Waals surface area contributed by atoms with Gasteiger partial charge >= 0.3 is 0 Å². The molecule has 0 spiro atoms. The average Bonchev–Trinajstić information content (AvgIpc) is 2.29. The van der Waals surface area contributed by atoms with E-state index in [-0.39, 0.29) is 12.5 Å². The normalized spacial score (nSPS) is 11.6. The van der Waals surface area contributed by atoms with Gasteiger partial charge in [-0.2, -0.15) is 5.26 Å². The Morgan fingerprint density at radius 3 is 2.75 bits per heavy atom. The summed E-state index contributed by atoms with van der Waals surface area (Å²) in [5, 5.41) is 8.59. The molecule has 0 aliphatic carbocycles. The van der Waals surface area contributed by atoms with Crippen LogP contribution in [-0.2, 0) is 0 Å². The topological polar surface area (TPSA) is 68.3 Å². The predicted octanol–water partition coefficient (Wildman–Crippen LogP) is 2.01. The summed E-state index contributed by atoms with van der Waals surface area (Å²) >= 11 is 0. The number of nitrogens with zero attached hydrogens (tertiary/aromatic N) is 1. The standard InChI is InChI=1S/C12H16N2O2/c1-3-16-12-8-9(10(14)6-7-13)4-5-11(12)15-2/h4-5,8,10H,3,6,14H2,1-2H3/t10-/m1/s1. The molecule has 0 amide bonds. The van der Waals surface area contributed by atoms with Gasteiger partial charge in [-0.05, 0) is 24.6 Å². The molecule has 1 aromatic carbocycles. The summed E-state index contributed by atoms with van der Waals surface area (Å²) in [7, 11) is 1.59. The van der Waals surface area contributed by atoms with E-state index in [1.54, 1.807) is 13.2 Å². The average molecular weight is 220 g/mol. The Kier molecular flexibility index (Phi) is 4.62. The first-order chi connectivity index (χ1) is 7.72. The lowest BCUT2D eigenvalue weighted by Crippen LogP contribution is -2.09. The summed E-state index contributed by atoms with van der Waals surface area (Å²) in [5.74, 6) is 1.34. The molecule has 0 unspecified atom stereocenters. The van der Waals surface area contributed by atoms with Gasteiger partial charge in [-0.1, -0.05) is 6.07 Å². The van der Waals surface area contributed by atoms with E-state index < -0.39 is 0 Å². The molecule has 86 valence electrons. The molecule has 0 heterocycles. The fourth-order valence-electron chi connectivity index (χ4n) is 1.41. The van der Waals surface area contributed by atoms with Gasteiger partial charge in [0.05, 0.1) is 26.2 Å². The lowest BCUT2D eigenvalue weighted by molar-refractivity contribution is 0.310. The van der Waals surface area contributed by atoms with E-state index in [0.29, 0.717) is 18.1 Å². The molecular weight excluding hydrogens is 204 g/mol. The largest absolute Gasteiger partial charge is 0.493 e. The summed E-state index contributed by atoms with van der Waals surface area (Å²) in [6.07, 6.45) is 0.290. The third-order valence-electron chi connectivity index (χ3n) is 2.23. The highest BCUT2D eigenvalue weighted by Gasteiger charge is 2.10. The Balaban J connectivity index is 2.97. The predicted molar refractivity (Wildman–Crippen MR) is 61.3 cm³/mol. The Hall–Kier alpha value is -1.73. The summed E-state index contributed by atoms with van der Waals surface area (Å²) in [6.45, 7) is 2.47. The summed E-state index contributed by atoms with van der Waals surface area (Å²) in [6, 6.07) is 7.24. The number of benzene rings is 1. The van der Waals surface area contributed by atoms with Crippen LogP contribution in [0.4, 0.5) is 0 Å². The van der Waals surface area contributed by atoms with Crippen molar-refractivity contribution in [3.63, 3.8) is 0 Å². The second-order valence-electron chi connectivity index (χ2n) is 3.31. The van der Waals surface area contributed by atoms with E-state index in [9.17, 15) is 0 Å². The van der Waals surface area contributed by atoms with Crippen molar-refractivity contribution in [1.82, 2.24) is 0 Å². The van der Waals surface area contributed by atoms with Gasteiger partial charge in [0.15, 0.2) is 11.5 Å². The highest BCUT2D eigenvalue weighted by Crippen LogP contribution is 2.30. The Bertz CT molecular complexity index is 385. The van der Waals surface area contributed by atoms with Crippen molar-refractivity contribution in [2.75, 3.05) is 13.7 Å². The van der Waals surface area contributed by atoms with Gasteiger partial charge in [0.1, 0.15) is 0 Å². The molecule has 0 saturated heterocycles. The second kappa shape index (κ2) is 5.99. The molecule has 4 heteroatoms. The van der Waals surface area contributed by atoms with Gasteiger partial charge in [-0.25, -0.2) is 0 Å². The first kappa shape index (κ1) is 12.3. The lowest BCUT2D eigenvalue weighted by Gasteiger charge is -2.13. The van der Waals surface area contributed by atoms with Crippen molar-refractivity contribution >= 4 is 0 Å². The zero-order valence-electron chi connectivity index (χ0n) is 9.56. The molecule has 1 aromatic rings. The third-order valence-corrected chi connectivity index (χ3v) is 2.23. The molecule has 16 heavy (non-hydrogen) atoms. The van der Waals surface area contributed by atoms with Gasteiger partial charge in [-0.3, -0.25) is 0 Å². The number of ether oxygens (including phenoxy) is 2. The monoisotopic (exact) mass is 220 g/mol. The summed E-state index contributed by atoms with van der Waals surface area (Å²) in [4.78, 5) is 0. The van der Waals surface area contributed by atoms with E-state index >= 15 is 0 Å². The molecule has 0 fully saturated rings. The SMILES string of the molecule is CCOc1cc([C@H](N)CC#N)ccc1OC. The molecular formula is C12H16N2O2. The van der Waals surface area contributed by atoms with Crippen LogP contribution in [0.1, 0.15) is 24.9 Å². The maximum atomic E-state index is 8.59. The van der Waals surface area contributed by atoms with Gasteiger partial charge in [0.2, 0.25) is 0 Å². The van der Waals surface area contributed by atoms with Crippen LogP contribution in [0.2, 0.25) is 0 Å². The van der Waals surface area contributed by atoms with Crippen LogP contribution in [0.25, 0.3) is 0 Å². The molecule has 0 saturated carbocycles. The van der Waals surface area contributed by atoms with Crippen molar-refractivity contribution < 1.29 is 9.47 Å². The number of hydrogen-bond acceptors (Lipinski definition) is 4. The molecule has 0 aromatic heterocycles. The molecule has 0 aliphatic heterocycles. The van der Waals surface area contributed by atoms with Gasteiger partial charge in [-0.15, -0.1) is 0 Å². The molecule has 2 N–H and O–H groups in total. The number of hydrogen-bond donors (Lipinski definition) is 1. The fourth-order valence-corrected chi connectivity index (χ4v) is 1.41. The lowest BCUT2D eigenvalue weighted by atomic mass is 10.0. The third kappa shape index (κ3) is 2.88. The first-order valence-electron chi connectivity index (χ1n) is 5.16. The van der Waals surface area contributed by atoms with Crippen LogP contribution in [0.3, 0.4) is 0 Å². The Morgan fingerprint density at radius 2 is 2.19 bits per heavy atom. The number of methoxy groups -OCH3 is 1. The highest BCUT2D eigenvalue weighted by atomic mass is 16.5. The smallest absolute Gasteiger partial charge is 0.161 e. The van der Waals surface area contributed by atoms with Crippen molar-refractivity contribution in [3.8, 4) is 17.6 Å². The first-order valence-corrected chi connectivity index (χ1v) is 5.16. The van der Waals surface area contributed by atoms with Crippen LogP contribution in [0, 0.1) is 11.3 Å². The molecule has 0 radical (unpaired) electrons. The maximum absolute atomic E-state index is 8.59. The van der Waals surface area contributed by atoms with Gasteiger partial charge in [0.25, 0.3) is 0 Å². The van der Waals surface area contributed by atoms with Crippen molar-refractivity contribution in [2.45, 2.75) is 19.4 Å². The highest BCUT2D eigenvalue weighted by molar-refractivity contribution is 5.43. The number of rotatable bonds is 5. The quantitative estimate of drug-likeness (QED) is 0.824.